The van der Waals surface area contributed by atoms with E-state index in [0.29, 0.717) is 16.7 Å². The topological polar surface area (TPSA) is 49.9 Å². The van der Waals surface area contributed by atoms with Crippen LogP contribution in [0.1, 0.15) is 11.1 Å². The number of hydrogen-bond acceptors (Lipinski definition) is 1. The predicted octanol–water partition coefficient (Wildman–Crippen LogP) is 3.66. The van der Waals surface area contributed by atoms with E-state index in [1.165, 1.54) is 6.07 Å². The Morgan fingerprint density at radius 3 is 2.11 bits per heavy atom. The summed E-state index contributed by atoms with van der Waals surface area (Å²) in [5.74, 6) is -0.117. The van der Waals surface area contributed by atoms with Crippen molar-refractivity contribution in [1.29, 1.82) is 5.41 Å². The summed E-state index contributed by atoms with van der Waals surface area (Å²) in [6, 6.07) is 11.6. The van der Waals surface area contributed by atoms with Gasteiger partial charge in [-0.3, -0.25) is 5.41 Å². The zero-order chi connectivity index (χ0) is 14.0. The van der Waals surface area contributed by atoms with Crippen molar-refractivity contribution in [2.75, 3.05) is 0 Å². The van der Waals surface area contributed by atoms with E-state index in [9.17, 15) is 13.2 Å². The molecule has 0 aromatic heterocycles. The van der Waals surface area contributed by atoms with Gasteiger partial charge in [-0.2, -0.15) is 13.2 Å². The van der Waals surface area contributed by atoms with Gasteiger partial charge in [0.15, 0.2) is 0 Å². The van der Waals surface area contributed by atoms with Gasteiger partial charge in [-0.15, -0.1) is 0 Å². The molecule has 2 rings (SSSR count). The molecule has 98 valence electrons. The minimum atomic E-state index is -4.37. The van der Waals surface area contributed by atoms with E-state index in [1.54, 1.807) is 30.3 Å². The Hall–Kier alpha value is -2.30. The molecule has 0 unspecified atom stereocenters. The van der Waals surface area contributed by atoms with Crippen LogP contribution in [0.3, 0.4) is 0 Å². The first-order valence-electron chi connectivity index (χ1n) is 5.50. The summed E-state index contributed by atoms with van der Waals surface area (Å²) < 4.78 is 37.9. The molecule has 19 heavy (non-hydrogen) atoms. The third-order valence-electron chi connectivity index (χ3n) is 2.70. The van der Waals surface area contributed by atoms with Gasteiger partial charge in [0, 0.05) is 5.56 Å². The molecule has 0 heterocycles. The molecule has 0 atom stereocenters. The molecule has 3 N–H and O–H groups in total. The first kappa shape index (κ1) is 13.1. The van der Waals surface area contributed by atoms with Crippen molar-refractivity contribution >= 4 is 5.84 Å². The van der Waals surface area contributed by atoms with Crippen LogP contribution in [0, 0.1) is 5.41 Å². The molecular weight excluding hydrogens is 253 g/mol. The highest BCUT2D eigenvalue weighted by Crippen LogP contribution is 2.32. The van der Waals surface area contributed by atoms with Crippen LogP contribution in [0.5, 0.6) is 0 Å². The van der Waals surface area contributed by atoms with Crippen molar-refractivity contribution in [3.63, 3.8) is 0 Å². The van der Waals surface area contributed by atoms with Gasteiger partial charge in [-0.1, -0.05) is 30.3 Å². The highest BCUT2D eigenvalue weighted by Gasteiger charge is 2.30. The summed E-state index contributed by atoms with van der Waals surface area (Å²) in [5.41, 5.74) is 6.19. The average Bonchev–Trinajstić information content (AvgIpc) is 2.38. The van der Waals surface area contributed by atoms with Crippen LogP contribution in [0.25, 0.3) is 11.1 Å². The number of amidine groups is 1. The summed E-state index contributed by atoms with van der Waals surface area (Å²) in [6.45, 7) is 0. The number of nitrogen functional groups attached to an aromatic ring is 1. The number of benzene rings is 2. The van der Waals surface area contributed by atoms with Crippen molar-refractivity contribution < 1.29 is 13.2 Å². The van der Waals surface area contributed by atoms with Gasteiger partial charge in [-0.25, -0.2) is 0 Å². The van der Waals surface area contributed by atoms with E-state index in [-0.39, 0.29) is 5.84 Å². The van der Waals surface area contributed by atoms with Crippen LogP contribution in [-0.4, -0.2) is 5.84 Å². The molecular formula is C14H11F3N2. The van der Waals surface area contributed by atoms with Gasteiger partial charge >= 0.3 is 6.18 Å². The van der Waals surface area contributed by atoms with Crippen molar-refractivity contribution in [3.8, 4) is 11.1 Å². The molecule has 0 saturated carbocycles. The lowest BCUT2D eigenvalue weighted by Gasteiger charge is -2.09. The Kier molecular flexibility index (Phi) is 3.29. The molecule has 0 aliphatic heterocycles. The standard InChI is InChI=1S/C14H11F3N2/c15-14(16,17)12-6-2-4-10(8-12)9-3-1-5-11(7-9)13(18)19/h1-8H,(H3,18,19). The van der Waals surface area contributed by atoms with Crippen molar-refractivity contribution in [1.82, 2.24) is 0 Å². The fourth-order valence-corrected chi connectivity index (χ4v) is 1.74. The third kappa shape index (κ3) is 2.93. The number of nitrogens with two attached hydrogens (primary N) is 1. The monoisotopic (exact) mass is 264 g/mol. The maximum Gasteiger partial charge on any atom is 0.416 e. The number of rotatable bonds is 2. The quantitative estimate of drug-likeness (QED) is 0.631. The van der Waals surface area contributed by atoms with Crippen LogP contribution >= 0.6 is 0 Å². The highest BCUT2D eigenvalue weighted by atomic mass is 19.4. The normalized spacial score (nSPS) is 11.3. The molecule has 0 bridgehead atoms. The molecule has 5 heteroatoms. The van der Waals surface area contributed by atoms with Gasteiger partial charge in [0.25, 0.3) is 0 Å². The maximum atomic E-state index is 12.6. The molecule has 2 aromatic rings. The van der Waals surface area contributed by atoms with Gasteiger partial charge in [0.1, 0.15) is 5.84 Å². The summed E-state index contributed by atoms with van der Waals surface area (Å²) in [4.78, 5) is 0. The molecule has 0 aliphatic carbocycles. The largest absolute Gasteiger partial charge is 0.416 e. The van der Waals surface area contributed by atoms with E-state index >= 15 is 0 Å². The smallest absolute Gasteiger partial charge is 0.384 e. The lowest BCUT2D eigenvalue weighted by molar-refractivity contribution is -0.137. The molecule has 0 spiro atoms. The van der Waals surface area contributed by atoms with Gasteiger partial charge < -0.3 is 5.73 Å². The zero-order valence-electron chi connectivity index (χ0n) is 9.83. The minimum Gasteiger partial charge on any atom is -0.384 e. The van der Waals surface area contributed by atoms with Gasteiger partial charge in [0.05, 0.1) is 5.56 Å². The van der Waals surface area contributed by atoms with Crippen LogP contribution in [0.15, 0.2) is 48.5 Å². The third-order valence-corrected chi connectivity index (χ3v) is 2.70. The second kappa shape index (κ2) is 4.76. The fourth-order valence-electron chi connectivity index (χ4n) is 1.74. The SMILES string of the molecule is N=C(N)c1cccc(-c2cccc(C(F)(F)F)c2)c1. The predicted molar refractivity (Wildman–Crippen MR) is 67.9 cm³/mol. The Morgan fingerprint density at radius 2 is 1.53 bits per heavy atom. The maximum absolute atomic E-state index is 12.6. The highest BCUT2D eigenvalue weighted by molar-refractivity contribution is 5.96. The van der Waals surface area contributed by atoms with E-state index in [4.69, 9.17) is 11.1 Å². The van der Waals surface area contributed by atoms with E-state index < -0.39 is 11.7 Å². The summed E-state index contributed by atoms with van der Waals surface area (Å²) >= 11 is 0. The lowest BCUT2D eigenvalue weighted by Crippen LogP contribution is -2.10. The van der Waals surface area contributed by atoms with Crippen LogP contribution in [0.4, 0.5) is 13.2 Å². The average molecular weight is 264 g/mol. The molecule has 2 aromatic carbocycles. The first-order valence-corrected chi connectivity index (χ1v) is 5.50. The Morgan fingerprint density at radius 1 is 0.947 bits per heavy atom. The van der Waals surface area contributed by atoms with E-state index in [1.807, 2.05) is 0 Å². The number of nitrogens with one attached hydrogen (secondary N) is 1. The second-order valence-electron chi connectivity index (χ2n) is 4.07. The molecule has 0 saturated heterocycles. The summed E-state index contributed by atoms with van der Waals surface area (Å²) in [5, 5.41) is 7.33. The van der Waals surface area contributed by atoms with E-state index in [2.05, 4.69) is 0 Å². The number of hydrogen-bond donors (Lipinski definition) is 2. The van der Waals surface area contributed by atoms with Crippen molar-refractivity contribution in [2.45, 2.75) is 6.18 Å². The second-order valence-corrected chi connectivity index (χ2v) is 4.07. The van der Waals surface area contributed by atoms with Crippen LogP contribution in [-0.2, 0) is 6.18 Å². The molecule has 0 amide bonds. The zero-order valence-corrected chi connectivity index (χ0v) is 9.83. The van der Waals surface area contributed by atoms with Crippen LogP contribution in [0.2, 0.25) is 0 Å². The molecule has 0 fully saturated rings. The lowest BCUT2D eigenvalue weighted by atomic mass is 10.0. The number of alkyl halides is 3. The van der Waals surface area contributed by atoms with Gasteiger partial charge in [-0.05, 0) is 29.3 Å². The summed E-state index contributed by atoms with van der Waals surface area (Å²) in [7, 11) is 0. The molecule has 2 nitrogen and oxygen atoms in total. The Labute approximate surface area is 108 Å². The van der Waals surface area contributed by atoms with Crippen molar-refractivity contribution in [2.24, 2.45) is 5.73 Å². The van der Waals surface area contributed by atoms with Gasteiger partial charge in [0.2, 0.25) is 0 Å². The molecule has 0 radical (unpaired) electrons. The van der Waals surface area contributed by atoms with Crippen molar-refractivity contribution in [3.05, 3.63) is 59.7 Å². The summed E-state index contributed by atoms with van der Waals surface area (Å²) in [6.07, 6.45) is -4.37. The van der Waals surface area contributed by atoms with E-state index in [0.717, 1.165) is 12.1 Å². The minimum absolute atomic E-state index is 0.117. The number of halogens is 3. The van der Waals surface area contributed by atoms with Crippen LogP contribution < -0.4 is 5.73 Å². The Balaban J connectivity index is 2.48. The Bertz CT molecular complexity index is 618. The first-order chi connectivity index (χ1) is 8.88. The molecule has 0 aliphatic rings. The fraction of sp³-hybridized carbons (Fsp3) is 0.0714.